The second kappa shape index (κ2) is 5.72. The van der Waals surface area contributed by atoms with E-state index in [0.717, 1.165) is 16.7 Å². The average Bonchev–Trinajstić information content (AvgIpc) is 2.54. The van der Waals surface area contributed by atoms with E-state index in [4.69, 9.17) is 0 Å². The lowest BCUT2D eigenvalue weighted by Crippen LogP contribution is -2.34. The van der Waals surface area contributed by atoms with Crippen LogP contribution in [0.4, 0.5) is 0 Å². The molecule has 1 unspecified atom stereocenters. The summed E-state index contributed by atoms with van der Waals surface area (Å²) < 4.78 is 0. The van der Waals surface area contributed by atoms with Crippen molar-refractivity contribution in [1.82, 2.24) is 4.90 Å². The highest BCUT2D eigenvalue weighted by Crippen LogP contribution is 2.45. The lowest BCUT2D eigenvalue weighted by Gasteiger charge is -2.42. The van der Waals surface area contributed by atoms with E-state index in [-0.39, 0.29) is 11.5 Å². The molecule has 3 nitrogen and oxygen atoms in total. The minimum atomic E-state index is -0.0758. The van der Waals surface area contributed by atoms with Gasteiger partial charge in [-0.15, -0.1) is 0 Å². The molecule has 1 heterocycles. The van der Waals surface area contributed by atoms with Crippen molar-refractivity contribution in [2.75, 3.05) is 7.05 Å². The van der Waals surface area contributed by atoms with Gasteiger partial charge in [0.2, 0.25) is 0 Å². The van der Waals surface area contributed by atoms with Gasteiger partial charge < -0.3 is 10.0 Å². The zero-order valence-corrected chi connectivity index (χ0v) is 14.5. The summed E-state index contributed by atoms with van der Waals surface area (Å²) in [7, 11) is 2.06. The predicted molar refractivity (Wildman–Crippen MR) is 96.3 cm³/mol. The largest absolute Gasteiger partial charge is 0.508 e. The lowest BCUT2D eigenvalue weighted by atomic mass is 9.81. The highest BCUT2D eigenvalue weighted by Gasteiger charge is 2.33. The second-order valence-electron chi connectivity index (χ2n) is 7.31. The van der Waals surface area contributed by atoms with Gasteiger partial charge in [-0.25, -0.2) is 0 Å². The Balaban J connectivity index is 2.26. The molecule has 122 valence electrons. The van der Waals surface area contributed by atoms with Crippen molar-refractivity contribution >= 4 is 6.08 Å². The molecule has 0 bridgehead atoms. The molecule has 0 aromatic heterocycles. The van der Waals surface area contributed by atoms with E-state index < -0.39 is 0 Å². The molecule has 0 radical (unpaired) electrons. The number of para-hydroxylation sites is 1. The summed E-state index contributed by atoms with van der Waals surface area (Å²) in [6.45, 7) is 6.53. The van der Waals surface area contributed by atoms with Gasteiger partial charge in [0.15, 0.2) is 0 Å². The molecule has 0 fully saturated rings. The number of rotatable bonds is 1. The van der Waals surface area contributed by atoms with Crippen molar-refractivity contribution in [2.45, 2.75) is 26.8 Å². The highest BCUT2D eigenvalue weighted by molar-refractivity contribution is 5.65. The summed E-state index contributed by atoms with van der Waals surface area (Å²) in [6, 6.07) is 15.4. The van der Waals surface area contributed by atoms with E-state index in [0.29, 0.717) is 11.3 Å². The third-order valence-electron chi connectivity index (χ3n) is 4.57. The number of nitrogens with zero attached hydrogens (tertiary/aromatic N) is 2. The van der Waals surface area contributed by atoms with Crippen LogP contribution in [0, 0.1) is 16.7 Å². The minimum Gasteiger partial charge on any atom is -0.508 e. The summed E-state index contributed by atoms with van der Waals surface area (Å²) >= 11 is 0. The van der Waals surface area contributed by atoms with Gasteiger partial charge in [-0.05, 0) is 35.4 Å². The van der Waals surface area contributed by atoms with Crippen LogP contribution in [0.2, 0.25) is 0 Å². The number of hydrogen-bond donors (Lipinski definition) is 1. The van der Waals surface area contributed by atoms with E-state index in [1.807, 2.05) is 36.4 Å². The van der Waals surface area contributed by atoms with Gasteiger partial charge in [0.25, 0.3) is 0 Å². The molecule has 3 rings (SSSR count). The zero-order chi connectivity index (χ0) is 17.5. The number of hydrogen-bond acceptors (Lipinski definition) is 3. The van der Waals surface area contributed by atoms with E-state index in [1.165, 1.54) is 5.70 Å². The van der Waals surface area contributed by atoms with Gasteiger partial charge in [0.1, 0.15) is 5.75 Å². The molecular formula is C21H22N2O. The summed E-state index contributed by atoms with van der Waals surface area (Å²) in [5, 5.41) is 19.6. The Hall–Kier alpha value is -2.73. The van der Waals surface area contributed by atoms with Gasteiger partial charge in [-0.3, -0.25) is 0 Å². The maximum Gasteiger partial charge on any atom is 0.121 e. The molecule has 0 spiro atoms. The lowest BCUT2D eigenvalue weighted by molar-refractivity contribution is 0.265. The second-order valence-corrected chi connectivity index (χ2v) is 7.31. The summed E-state index contributed by atoms with van der Waals surface area (Å²) in [6.07, 6.45) is 2.16. The van der Waals surface area contributed by atoms with Crippen LogP contribution in [-0.4, -0.2) is 17.1 Å². The molecule has 3 heteroatoms. The molecule has 1 N–H and O–H groups in total. The van der Waals surface area contributed by atoms with Crippen molar-refractivity contribution in [1.29, 1.82) is 5.26 Å². The fourth-order valence-corrected chi connectivity index (χ4v) is 3.46. The Bertz CT molecular complexity index is 853. The quantitative estimate of drug-likeness (QED) is 0.830. The number of benzene rings is 2. The number of nitriles is 1. The maximum atomic E-state index is 10.4. The first-order valence-corrected chi connectivity index (χ1v) is 8.10. The Morgan fingerprint density at radius 1 is 1.08 bits per heavy atom. The first-order valence-electron chi connectivity index (χ1n) is 8.10. The molecule has 0 amide bonds. The molecule has 2 aromatic rings. The van der Waals surface area contributed by atoms with E-state index in [2.05, 4.69) is 44.9 Å². The van der Waals surface area contributed by atoms with E-state index in [1.54, 1.807) is 6.07 Å². The normalized spacial score (nSPS) is 17.0. The van der Waals surface area contributed by atoms with Gasteiger partial charge in [0, 0.05) is 23.7 Å². The molecule has 0 saturated heterocycles. The number of phenols is 1. The Kier molecular flexibility index (Phi) is 3.85. The van der Waals surface area contributed by atoms with Gasteiger partial charge >= 0.3 is 0 Å². The predicted octanol–water partition coefficient (Wildman–Crippen LogP) is 4.69. The van der Waals surface area contributed by atoms with Crippen LogP contribution in [0.15, 0.2) is 48.2 Å². The Morgan fingerprint density at radius 3 is 2.42 bits per heavy atom. The van der Waals surface area contributed by atoms with Crippen LogP contribution in [-0.2, 0) is 0 Å². The van der Waals surface area contributed by atoms with Gasteiger partial charge in [-0.1, -0.05) is 45.0 Å². The van der Waals surface area contributed by atoms with Crippen LogP contribution in [0.3, 0.4) is 0 Å². The fourth-order valence-electron chi connectivity index (χ4n) is 3.46. The first-order chi connectivity index (χ1) is 11.3. The molecule has 1 atom stereocenters. The molecule has 1 aliphatic rings. The minimum absolute atomic E-state index is 0.0439. The SMILES string of the molecule is CN1C(C(C)(C)C)=Cc2cc(C#N)ccc2C1c1ccccc1O. The maximum absolute atomic E-state index is 10.4. The molecule has 0 saturated carbocycles. The first kappa shape index (κ1) is 16.1. The number of phenolic OH excluding ortho intramolecular Hbond substituents is 1. The van der Waals surface area contributed by atoms with Crippen molar-refractivity contribution in [3.8, 4) is 11.8 Å². The van der Waals surface area contributed by atoms with Crippen molar-refractivity contribution in [3.63, 3.8) is 0 Å². The topological polar surface area (TPSA) is 47.3 Å². The van der Waals surface area contributed by atoms with Crippen molar-refractivity contribution in [2.24, 2.45) is 5.41 Å². The van der Waals surface area contributed by atoms with Crippen LogP contribution in [0.5, 0.6) is 5.75 Å². The Morgan fingerprint density at radius 2 is 1.79 bits per heavy atom. The van der Waals surface area contributed by atoms with Crippen molar-refractivity contribution < 1.29 is 5.11 Å². The summed E-state index contributed by atoms with van der Waals surface area (Å²) in [5.41, 5.74) is 4.81. The molecule has 2 aromatic carbocycles. The monoisotopic (exact) mass is 318 g/mol. The average molecular weight is 318 g/mol. The number of aromatic hydroxyl groups is 1. The van der Waals surface area contributed by atoms with Gasteiger partial charge in [0.05, 0.1) is 17.7 Å². The molecule has 24 heavy (non-hydrogen) atoms. The van der Waals surface area contributed by atoms with Gasteiger partial charge in [-0.2, -0.15) is 5.26 Å². The van der Waals surface area contributed by atoms with Crippen LogP contribution < -0.4 is 0 Å². The molecule has 0 aliphatic carbocycles. The van der Waals surface area contributed by atoms with Crippen LogP contribution >= 0.6 is 0 Å². The number of fused-ring (bicyclic) bond motifs is 1. The standard InChI is InChI=1S/C21H22N2O/c1-21(2,3)19-12-15-11-14(13-22)9-10-16(15)20(23(19)4)17-7-5-6-8-18(17)24/h5-12,20,24H,1-4H3. The third kappa shape index (κ3) is 2.65. The molecule has 1 aliphatic heterocycles. The smallest absolute Gasteiger partial charge is 0.121 e. The fraction of sp³-hybridized carbons (Fsp3) is 0.286. The highest BCUT2D eigenvalue weighted by atomic mass is 16.3. The number of allylic oxidation sites excluding steroid dienone is 1. The summed E-state index contributed by atoms with van der Waals surface area (Å²) in [4.78, 5) is 2.23. The van der Waals surface area contributed by atoms with Crippen molar-refractivity contribution in [3.05, 3.63) is 70.4 Å². The zero-order valence-electron chi connectivity index (χ0n) is 14.5. The molecular weight excluding hydrogens is 296 g/mol. The van der Waals surface area contributed by atoms with E-state index >= 15 is 0 Å². The third-order valence-corrected chi connectivity index (χ3v) is 4.57. The van der Waals surface area contributed by atoms with E-state index in [9.17, 15) is 10.4 Å². The van der Waals surface area contributed by atoms with Crippen LogP contribution in [0.25, 0.3) is 6.08 Å². The Labute approximate surface area is 143 Å². The van der Waals surface area contributed by atoms with Crippen LogP contribution in [0.1, 0.15) is 49.1 Å². The summed E-state index contributed by atoms with van der Waals surface area (Å²) in [5.74, 6) is 0.291.